The molecule has 0 heterocycles. The molecule has 2 heteroatoms. The van der Waals surface area contributed by atoms with Crippen LogP contribution < -0.4 is 5.73 Å². The zero-order chi connectivity index (χ0) is 10.3. The van der Waals surface area contributed by atoms with Gasteiger partial charge in [0.1, 0.15) is 5.78 Å². The Labute approximate surface area is 81.9 Å². The summed E-state index contributed by atoms with van der Waals surface area (Å²) in [5.41, 5.74) is 5.59. The van der Waals surface area contributed by atoms with Crippen LogP contribution in [0.3, 0.4) is 0 Å². The fourth-order valence-electron chi connectivity index (χ4n) is 1.16. The van der Waals surface area contributed by atoms with Gasteiger partial charge in [-0.1, -0.05) is 19.8 Å². The predicted molar refractivity (Wildman–Crippen MR) is 56.6 cm³/mol. The summed E-state index contributed by atoms with van der Waals surface area (Å²) in [6.07, 6.45) is 5.57. The molecule has 0 rings (SSSR count). The molecule has 0 spiro atoms. The molecule has 0 unspecified atom stereocenters. The van der Waals surface area contributed by atoms with Crippen molar-refractivity contribution in [2.45, 2.75) is 64.8 Å². The minimum atomic E-state index is -0.194. The summed E-state index contributed by atoms with van der Waals surface area (Å²) in [5, 5.41) is 0. The Morgan fingerprint density at radius 3 is 2.31 bits per heavy atom. The normalized spacial score (nSPS) is 11.7. The second-order valence-corrected chi connectivity index (χ2v) is 4.48. The van der Waals surface area contributed by atoms with Gasteiger partial charge in [0.15, 0.2) is 0 Å². The SMILES string of the molecule is CCCCCC(=O)CCC(C)(C)N. The number of ketones is 1. The van der Waals surface area contributed by atoms with E-state index < -0.39 is 0 Å². The number of nitrogens with two attached hydrogens (primary N) is 1. The molecule has 0 radical (unpaired) electrons. The molecule has 0 aliphatic rings. The van der Waals surface area contributed by atoms with Crippen molar-refractivity contribution in [3.63, 3.8) is 0 Å². The average Bonchev–Trinajstić information content (AvgIpc) is 2.00. The summed E-state index contributed by atoms with van der Waals surface area (Å²) in [7, 11) is 0. The van der Waals surface area contributed by atoms with E-state index in [4.69, 9.17) is 5.73 Å². The fraction of sp³-hybridized carbons (Fsp3) is 0.909. The lowest BCUT2D eigenvalue weighted by Crippen LogP contribution is -2.32. The molecule has 0 bridgehead atoms. The van der Waals surface area contributed by atoms with Gasteiger partial charge in [-0.3, -0.25) is 4.79 Å². The van der Waals surface area contributed by atoms with Gasteiger partial charge in [-0.05, 0) is 26.7 Å². The molecule has 78 valence electrons. The van der Waals surface area contributed by atoms with Crippen LogP contribution in [-0.2, 0) is 4.79 Å². The van der Waals surface area contributed by atoms with Gasteiger partial charge in [-0.25, -0.2) is 0 Å². The summed E-state index contributed by atoms with van der Waals surface area (Å²) in [6, 6.07) is 0. The highest BCUT2D eigenvalue weighted by Gasteiger charge is 2.12. The topological polar surface area (TPSA) is 43.1 Å². The van der Waals surface area contributed by atoms with E-state index in [9.17, 15) is 4.79 Å². The number of unbranched alkanes of at least 4 members (excludes halogenated alkanes) is 2. The number of rotatable bonds is 7. The van der Waals surface area contributed by atoms with Gasteiger partial charge in [-0.15, -0.1) is 0 Å². The van der Waals surface area contributed by atoms with E-state index in [2.05, 4.69) is 6.92 Å². The molecule has 0 aliphatic carbocycles. The first-order valence-corrected chi connectivity index (χ1v) is 5.26. The van der Waals surface area contributed by atoms with Crippen LogP contribution >= 0.6 is 0 Å². The van der Waals surface area contributed by atoms with Crippen LogP contribution in [0.25, 0.3) is 0 Å². The first-order valence-electron chi connectivity index (χ1n) is 5.26. The average molecular weight is 185 g/mol. The minimum absolute atomic E-state index is 0.194. The number of hydrogen-bond acceptors (Lipinski definition) is 2. The van der Waals surface area contributed by atoms with Crippen molar-refractivity contribution in [2.24, 2.45) is 5.73 Å². The molecule has 0 amide bonds. The Morgan fingerprint density at radius 1 is 1.23 bits per heavy atom. The molecule has 0 aromatic heterocycles. The predicted octanol–water partition coefficient (Wildman–Crippen LogP) is 2.65. The molecule has 0 aromatic carbocycles. The highest BCUT2D eigenvalue weighted by molar-refractivity contribution is 5.78. The van der Waals surface area contributed by atoms with Crippen LogP contribution in [0, 0.1) is 0 Å². The zero-order valence-electron chi connectivity index (χ0n) is 9.23. The van der Waals surface area contributed by atoms with Crippen LogP contribution in [-0.4, -0.2) is 11.3 Å². The van der Waals surface area contributed by atoms with E-state index >= 15 is 0 Å². The molecule has 2 N–H and O–H groups in total. The van der Waals surface area contributed by atoms with Crippen molar-refractivity contribution in [1.82, 2.24) is 0 Å². The molecule has 2 nitrogen and oxygen atoms in total. The first-order chi connectivity index (χ1) is 5.95. The molecule has 0 saturated carbocycles. The number of carbonyl (C=O) groups is 1. The fourth-order valence-corrected chi connectivity index (χ4v) is 1.16. The zero-order valence-corrected chi connectivity index (χ0v) is 9.23. The van der Waals surface area contributed by atoms with Gasteiger partial charge in [-0.2, -0.15) is 0 Å². The lowest BCUT2D eigenvalue weighted by atomic mass is 9.97. The van der Waals surface area contributed by atoms with Gasteiger partial charge in [0.2, 0.25) is 0 Å². The monoisotopic (exact) mass is 185 g/mol. The quantitative estimate of drug-likeness (QED) is 0.620. The maximum absolute atomic E-state index is 11.3. The second kappa shape index (κ2) is 6.14. The largest absolute Gasteiger partial charge is 0.326 e. The number of hydrogen-bond donors (Lipinski definition) is 1. The van der Waals surface area contributed by atoms with Gasteiger partial charge in [0.05, 0.1) is 0 Å². The maximum atomic E-state index is 11.3. The highest BCUT2D eigenvalue weighted by atomic mass is 16.1. The van der Waals surface area contributed by atoms with E-state index in [0.29, 0.717) is 12.2 Å². The summed E-state index contributed by atoms with van der Waals surface area (Å²) >= 11 is 0. The van der Waals surface area contributed by atoms with Gasteiger partial charge < -0.3 is 5.73 Å². The third kappa shape index (κ3) is 9.54. The molecule has 0 aliphatic heterocycles. The molecule has 0 atom stereocenters. The Bertz CT molecular complexity index is 147. The van der Waals surface area contributed by atoms with Crippen LogP contribution in [0.2, 0.25) is 0 Å². The van der Waals surface area contributed by atoms with E-state index in [1.165, 1.54) is 6.42 Å². The maximum Gasteiger partial charge on any atom is 0.132 e. The van der Waals surface area contributed by atoms with Gasteiger partial charge >= 0.3 is 0 Å². The Balaban J connectivity index is 3.41. The van der Waals surface area contributed by atoms with Crippen LogP contribution in [0.15, 0.2) is 0 Å². The van der Waals surface area contributed by atoms with Crippen LogP contribution in [0.4, 0.5) is 0 Å². The summed E-state index contributed by atoms with van der Waals surface area (Å²) in [5.74, 6) is 0.368. The lowest BCUT2D eigenvalue weighted by Gasteiger charge is -2.17. The standard InChI is InChI=1S/C11H23NO/c1-4-5-6-7-10(13)8-9-11(2,3)12/h4-9,12H2,1-3H3. The van der Waals surface area contributed by atoms with Crippen molar-refractivity contribution in [3.05, 3.63) is 0 Å². The van der Waals surface area contributed by atoms with Crippen molar-refractivity contribution in [2.75, 3.05) is 0 Å². The van der Waals surface area contributed by atoms with Gasteiger partial charge in [0, 0.05) is 18.4 Å². The molecular weight excluding hydrogens is 162 g/mol. The summed E-state index contributed by atoms with van der Waals surface area (Å²) in [6.45, 7) is 6.08. The smallest absolute Gasteiger partial charge is 0.132 e. The number of Topliss-reactive ketones (excluding diaryl/α,β-unsaturated/α-hetero) is 1. The second-order valence-electron chi connectivity index (χ2n) is 4.48. The molecule has 0 aromatic rings. The summed E-state index contributed by atoms with van der Waals surface area (Å²) in [4.78, 5) is 11.3. The molecule has 0 fully saturated rings. The Morgan fingerprint density at radius 2 is 1.85 bits per heavy atom. The Kier molecular flexibility index (Phi) is 5.97. The van der Waals surface area contributed by atoms with E-state index in [0.717, 1.165) is 25.7 Å². The Hall–Kier alpha value is -0.370. The first kappa shape index (κ1) is 12.6. The van der Waals surface area contributed by atoms with E-state index in [1.54, 1.807) is 0 Å². The van der Waals surface area contributed by atoms with Crippen molar-refractivity contribution >= 4 is 5.78 Å². The van der Waals surface area contributed by atoms with Crippen molar-refractivity contribution < 1.29 is 4.79 Å². The number of carbonyl (C=O) groups excluding carboxylic acids is 1. The minimum Gasteiger partial charge on any atom is -0.326 e. The molecular formula is C11H23NO. The third-order valence-electron chi connectivity index (χ3n) is 2.11. The van der Waals surface area contributed by atoms with Gasteiger partial charge in [0.25, 0.3) is 0 Å². The highest BCUT2D eigenvalue weighted by Crippen LogP contribution is 2.10. The van der Waals surface area contributed by atoms with E-state index in [1.807, 2.05) is 13.8 Å². The van der Waals surface area contributed by atoms with Crippen LogP contribution in [0.5, 0.6) is 0 Å². The van der Waals surface area contributed by atoms with Crippen molar-refractivity contribution in [1.29, 1.82) is 0 Å². The van der Waals surface area contributed by atoms with E-state index in [-0.39, 0.29) is 5.54 Å². The molecule has 0 saturated heterocycles. The van der Waals surface area contributed by atoms with Crippen molar-refractivity contribution in [3.8, 4) is 0 Å². The third-order valence-corrected chi connectivity index (χ3v) is 2.11. The van der Waals surface area contributed by atoms with Crippen LogP contribution in [0.1, 0.15) is 59.3 Å². The lowest BCUT2D eigenvalue weighted by molar-refractivity contribution is -0.119. The molecule has 13 heavy (non-hydrogen) atoms. The summed E-state index contributed by atoms with van der Waals surface area (Å²) < 4.78 is 0.